The molecular formula is C23H32N6O. The molecule has 7 nitrogen and oxygen atoms in total. The fraction of sp³-hybridized carbons (Fsp3) is 0.696. The molecule has 0 radical (unpaired) electrons. The highest BCUT2D eigenvalue weighted by atomic mass is 16.3. The van der Waals surface area contributed by atoms with Crippen LogP contribution in [0.15, 0.2) is 24.4 Å². The zero-order valence-corrected chi connectivity index (χ0v) is 17.5. The van der Waals surface area contributed by atoms with E-state index in [0.717, 1.165) is 64.1 Å². The number of amidine groups is 1. The maximum Gasteiger partial charge on any atom is 0.128 e. The van der Waals surface area contributed by atoms with Gasteiger partial charge in [-0.2, -0.15) is 5.26 Å². The molecule has 1 aromatic rings. The first-order valence-electron chi connectivity index (χ1n) is 11.3. The molecule has 6 rings (SSSR count). The van der Waals surface area contributed by atoms with Gasteiger partial charge in [0.1, 0.15) is 11.7 Å². The van der Waals surface area contributed by atoms with Gasteiger partial charge in [0.2, 0.25) is 0 Å². The number of nitriles is 1. The minimum Gasteiger partial charge on any atom is -0.390 e. The van der Waals surface area contributed by atoms with Crippen molar-refractivity contribution in [3.05, 3.63) is 24.4 Å². The second-order valence-electron chi connectivity index (χ2n) is 10.0. The molecule has 160 valence electrons. The van der Waals surface area contributed by atoms with Crippen molar-refractivity contribution in [1.82, 2.24) is 9.88 Å². The van der Waals surface area contributed by atoms with Gasteiger partial charge in [-0.15, -0.1) is 0 Å². The van der Waals surface area contributed by atoms with Crippen molar-refractivity contribution in [3.8, 4) is 6.07 Å². The third-order valence-electron chi connectivity index (χ3n) is 8.22. The molecule has 5 fully saturated rings. The van der Waals surface area contributed by atoms with E-state index >= 15 is 0 Å². The lowest BCUT2D eigenvalue weighted by Gasteiger charge is -2.60. The summed E-state index contributed by atoms with van der Waals surface area (Å²) in [7, 11) is 0. The smallest absolute Gasteiger partial charge is 0.128 e. The van der Waals surface area contributed by atoms with Gasteiger partial charge in [0, 0.05) is 32.4 Å². The molecule has 5 aliphatic rings. The van der Waals surface area contributed by atoms with Gasteiger partial charge in [-0.3, -0.25) is 10.3 Å². The van der Waals surface area contributed by atoms with Crippen molar-refractivity contribution in [2.45, 2.75) is 43.7 Å². The SMILES string of the molecule is N#CC(C1C2CC3CC1CC(O)(C3)C2)C(C(=N)N)N1CCN(c2ccccn2)CC1. The highest BCUT2D eigenvalue weighted by molar-refractivity contribution is 5.83. The quantitative estimate of drug-likeness (QED) is 0.506. The number of nitrogens with zero attached hydrogens (tertiary/aromatic N) is 4. The Balaban J connectivity index is 1.33. The molecule has 4 saturated carbocycles. The minimum atomic E-state index is -0.507. The highest BCUT2D eigenvalue weighted by Crippen LogP contribution is 2.60. The number of aromatic nitrogens is 1. The third kappa shape index (κ3) is 3.36. The van der Waals surface area contributed by atoms with Crippen molar-refractivity contribution >= 4 is 11.7 Å². The summed E-state index contributed by atoms with van der Waals surface area (Å²) >= 11 is 0. The van der Waals surface area contributed by atoms with Gasteiger partial charge < -0.3 is 15.7 Å². The normalized spacial score (nSPS) is 37.5. The number of hydrogen-bond acceptors (Lipinski definition) is 6. The summed E-state index contributed by atoms with van der Waals surface area (Å²) in [5.74, 6) is 2.45. The van der Waals surface area contributed by atoms with Gasteiger partial charge in [-0.1, -0.05) is 6.07 Å². The molecule has 1 aromatic heterocycles. The van der Waals surface area contributed by atoms with E-state index in [2.05, 4.69) is 20.9 Å². The van der Waals surface area contributed by atoms with Crippen molar-refractivity contribution in [3.63, 3.8) is 0 Å². The molecule has 2 heterocycles. The summed E-state index contributed by atoms with van der Waals surface area (Å²) in [4.78, 5) is 8.96. The van der Waals surface area contributed by atoms with Crippen LogP contribution in [0.4, 0.5) is 5.82 Å². The Hall–Kier alpha value is -2.17. The summed E-state index contributed by atoms with van der Waals surface area (Å²) in [5, 5.41) is 29.5. The van der Waals surface area contributed by atoms with E-state index < -0.39 is 5.60 Å². The fourth-order valence-corrected chi connectivity index (χ4v) is 7.36. The van der Waals surface area contributed by atoms with Crippen LogP contribution in [0.25, 0.3) is 0 Å². The Bertz CT molecular complexity index is 814. The van der Waals surface area contributed by atoms with Gasteiger partial charge in [-0.05, 0) is 67.9 Å². The molecule has 7 heteroatoms. The predicted octanol–water partition coefficient (Wildman–Crippen LogP) is 1.84. The van der Waals surface area contributed by atoms with Gasteiger partial charge in [-0.25, -0.2) is 4.98 Å². The summed E-state index contributed by atoms with van der Waals surface area (Å²) in [5.41, 5.74) is 5.62. The summed E-state index contributed by atoms with van der Waals surface area (Å²) in [6.45, 7) is 3.18. The van der Waals surface area contributed by atoms with Crippen LogP contribution in [0.3, 0.4) is 0 Å². The van der Waals surface area contributed by atoms with Crippen LogP contribution in [0, 0.1) is 46.3 Å². The molecule has 4 aliphatic carbocycles. The number of anilines is 1. The second kappa shape index (κ2) is 7.51. The zero-order valence-electron chi connectivity index (χ0n) is 17.5. The largest absolute Gasteiger partial charge is 0.390 e. The first kappa shape index (κ1) is 19.8. The third-order valence-corrected chi connectivity index (χ3v) is 8.22. The molecule has 4 unspecified atom stereocenters. The number of piperazine rings is 1. The molecule has 1 saturated heterocycles. The van der Waals surface area contributed by atoms with Gasteiger partial charge in [0.15, 0.2) is 0 Å². The lowest BCUT2D eigenvalue weighted by atomic mass is 9.47. The molecular weight excluding hydrogens is 376 g/mol. The number of aliphatic hydroxyl groups is 1. The van der Waals surface area contributed by atoms with Crippen LogP contribution < -0.4 is 10.6 Å². The van der Waals surface area contributed by atoms with Crippen LogP contribution in [0.2, 0.25) is 0 Å². The highest BCUT2D eigenvalue weighted by Gasteiger charge is 2.57. The summed E-state index contributed by atoms with van der Waals surface area (Å²) < 4.78 is 0. The average molecular weight is 409 g/mol. The van der Waals surface area contributed by atoms with Gasteiger partial charge >= 0.3 is 0 Å². The molecule has 4 atom stereocenters. The molecule has 0 aromatic carbocycles. The zero-order chi connectivity index (χ0) is 20.9. The molecule has 30 heavy (non-hydrogen) atoms. The average Bonchev–Trinajstić information content (AvgIpc) is 2.72. The number of rotatable bonds is 5. The topological polar surface area (TPSA) is 113 Å². The van der Waals surface area contributed by atoms with E-state index in [1.807, 2.05) is 24.4 Å². The molecule has 0 amide bonds. The Morgan fingerprint density at radius 3 is 2.43 bits per heavy atom. The van der Waals surface area contributed by atoms with E-state index in [9.17, 15) is 10.4 Å². The van der Waals surface area contributed by atoms with Crippen molar-refractivity contribution in [2.75, 3.05) is 31.1 Å². The first-order valence-corrected chi connectivity index (χ1v) is 11.3. The maximum absolute atomic E-state index is 10.9. The molecule has 4 N–H and O–H groups in total. The molecule has 1 aliphatic heterocycles. The minimum absolute atomic E-state index is 0.111. The standard InChI is InChI=1S/C23H32N6O/c24-14-18(20-16-9-15-10-17(20)13-23(30,11-15)12-16)21(22(25)26)29-7-5-28(6-8-29)19-3-1-2-4-27-19/h1-4,15-18,20-21,30H,5-13H2,(H3,25,26). The van der Waals surface area contributed by atoms with Crippen LogP contribution >= 0.6 is 0 Å². The van der Waals surface area contributed by atoms with Crippen LogP contribution in [0.5, 0.6) is 0 Å². The van der Waals surface area contributed by atoms with Gasteiger partial charge in [0.25, 0.3) is 0 Å². The lowest BCUT2D eigenvalue weighted by Crippen LogP contribution is -2.62. The van der Waals surface area contributed by atoms with Crippen molar-refractivity contribution in [1.29, 1.82) is 10.7 Å². The van der Waals surface area contributed by atoms with Crippen molar-refractivity contribution in [2.24, 2.45) is 35.3 Å². The van der Waals surface area contributed by atoms with E-state index in [1.165, 1.54) is 0 Å². The molecule has 0 spiro atoms. The Labute approximate surface area is 178 Å². The van der Waals surface area contributed by atoms with Crippen LogP contribution in [-0.2, 0) is 0 Å². The summed E-state index contributed by atoms with van der Waals surface area (Å²) in [6.07, 6.45) is 6.64. The van der Waals surface area contributed by atoms with Gasteiger partial charge in [0.05, 0.1) is 23.6 Å². The summed E-state index contributed by atoms with van der Waals surface area (Å²) in [6, 6.07) is 8.20. The number of nitrogens with one attached hydrogen (secondary N) is 1. The van der Waals surface area contributed by atoms with Crippen LogP contribution in [0.1, 0.15) is 32.1 Å². The Morgan fingerprint density at radius 2 is 1.90 bits per heavy atom. The maximum atomic E-state index is 10.9. The van der Waals surface area contributed by atoms with Crippen LogP contribution in [-0.4, -0.2) is 58.6 Å². The number of pyridine rings is 1. The Kier molecular flexibility index (Phi) is 4.95. The van der Waals surface area contributed by atoms with E-state index in [-0.39, 0.29) is 23.7 Å². The molecule has 4 bridgehead atoms. The van der Waals surface area contributed by atoms with E-state index in [1.54, 1.807) is 0 Å². The monoisotopic (exact) mass is 408 g/mol. The van der Waals surface area contributed by atoms with E-state index in [4.69, 9.17) is 11.1 Å². The second-order valence-corrected chi connectivity index (χ2v) is 10.0. The van der Waals surface area contributed by atoms with E-state index in [0.29, 0.717) is 17.8 Å². The number of nitrogens with two attached hydrogens (primary N) is 1. The fourth-order valence-electron chi connectivity index (χ4n) is 7.36. The van der Waals surface area contributed by atoms with Crippen molar-refractivity contribution < 1.29 is 5.11 Å². The Morgan fingerprint density at radius 1 is 1.20 bits per heavy atom. The predicted molar refractivity (Wildman–Crippen MR) is 115 cm³/mol. The first-order chi connectivity index (χ1) is 14.5. The lowest BCUT2D eigenvalue weighted by molar-refractivity contribution is -0.161. The number of hydrogen-bond donors (Lipinski definition) is 3.